The van der Waals surface area contributed by atoms with E-state index in [1.54, 1.807) is 24.2 Å². The number of anilines is 3. The van der Waals surface area contributed by atoms with E-state index in [1.807, 2.05) is 19.1 Å². The second-order valence-corrected chi connectivity index (χ2v) is 10.1. The summed E-state index contributed by atoms with van der Waals surface area (Å²) in [5.41, 5.74) is 9.76. The number of carbonyl (C=O) groups excluding carboxylic acids is 1. The fourth-order valence-electron chi connectivity index (χ4n) is 4.75. The van der Waals surface area contributed by atoms with Gasteiger partial charge in [0, 0.05) is 43.6 Å². The molecule has 10 nitrogen and oxygen atoms in total. The number of pyridine rings is 2. The Morgan fingerprint density at radius 1 is 1.42 bits per heavy atom. The molecule has 4 N–H and O–H groups in total. The van der Waals surface area contributed by atoms with Crippen molar-refractivity contribution < 1.29 is 9.53 Å². The molecule has 1 saturated heterocycles. The van der Waals surface area contributed by atoms with E-state index < -0.39 is 0 Å². The molecule has 2 aliphatic rings. The van der Waals surface area contributed by atoms with E-state index in [0.717, 1.165) is 48.7 Å². The predicted molar refractivity (Wildman–Crippen MR) is 149 cm³/mol. The van der Waals surface area contributed by atoms with Gasteiger partial charge in [0.25, 0.3) is 11.5 Å². The SMILES string of the molecule is CC#Cc1ccnc2c1CCN2C(=O)c1ncc(Nc2s[nH]c(=O)c2C(N)=NCCC2CCOC2)cc1C. The number of ether oxygens (including phenoxy) is 1. The Hall–Kier alpha value is -4.01. The van der Waals surface area contributed by atoms with E-state index in [9.17, 15) is 9.59 Å². The number of amidine groups is 1. The second-order valence-electron chi connectivity index (χ2n) is 9.28. The van der Waals surface area contributed by atoms with Gasteiger partial charge in [-0.05, 0) is 68.3 Å². The number of nitrogens with two attached hydrogens (primary N) is 1. The minimum atomic E-state index is -0.299. The molecule has 0 spiro atoms. The smallest absolute Gasteiger partial charge is 0.278 e. The van der Waals surface area contributed by atoms with Crippen LogP contribution in [0.3, 0.4) is 0 Å². The zero-order valence-corrected chi connectivity index (χ0v) is 22.2. The molecular formula is C27H29N7O3S. The Labute approximate surface area is 224 Å². The van der Waals surface area contributed by atoms with Crippen molar-refractivity contribution in [2.24, 2.45) is 16.6 Å². The molecule has 1 fully saturated rings. The molecule has 0 aromatic carbocycles. The molecule has 196 valence electrons. The summed E-state index contributed by atoms with van der Waals surface area (Å²) >= 11 is 1.14. The Morgan fingerprint density at radius 3 is 3.05 bits per heavy atom. The second kappa shape index (κ2) is 11.2. The van der Waals surface area contributed by atoms with E-state index >= 15 is 0 Å². The summed E-state index contributed by atoms with van der Waals surface area (Å²) in [6.07, 6.45) is 5.85. The van der Waals surface area contributed by atoms with Crippen molar-refractivity contribution in [1.29, 1.82) is 0 Å². The highest BCUT2D eigenvalue weighted by Gasteiger charge is 2.30. The van der Waals surface area contributed by atoms with Crippen LogP contribution in [0.5, 0.6) is 0 Å². The van der Waals surface area contributed by atoms with Gasteiger partial charge in [-0.15, -0.1) is 5.92 Å². The first kappa shape index (κ1) is 25.6. The molecule has 2 aliphatic heterocycles. The lowest BCUT2D eigenvalue weighted by atomic mass is 10.1. The van der Waals surface area contributed by atoms with Crippen LogP contribution in [0.2, 0.25) is 0 Å². The summed E-state index contributed by atoms with van der Waals surface area (Å²) in [4.78, 5) is 40.9. The van der Waals surface area contributed by atoms with Crippen LogP contribution in [-0.2, 0) is 11.2 Å². The van der Waals surface area contributed by atoms with Crippen molar-refractivity contribution in [2.75, 3.05) is 36.5 Å². The van der Waals surface area contributed by atoms with Gasteiger partial charge in [-0.3, -0.25) is 23.9 Å². The zero-order chi connectivity index (χ0) is 26.6. The average molecular weight is 532 g/mol. The summed E-state index contributed by atoms with van der Waals surface area (Å²) in [7, 11) is 0. The number of aromatic nitrogens is 3. The van der Waals surface area contributed by atoms with Gasteiger partial charge in [0.2, 0.25) is 0 Å². The number of hydrogen-bond acceptors (Lipinski definition) is 8. The topological polar surface area (TPSA) is 139 Å². The molecule has 0 saturated carbocycles. The summed E-state index contributed by atoms with van der Waals surface area (Å²) in [5, 5.41) is 3.76. The number of amides is 1. The standard InChI is InChI=1S/C27H29N7O3S/c1-3-4-18-6-10-30-24-20(18)7-11-34(24)27(36)22-16(2)13-19(14-31-22)32-26-21(25(35)33-38-26)23(28)29-9-5-17-8-12-37-15-17/h6,10,13-14,17,32H,5,7-9,11-12,15H2,1-2H3,(H2,28,29)(H,33,35). The molecule has 1 amide bonds. The molecule has 1 atom stereocenters. The first-order valence-electron chi connectivity index (χ1n) is 12.5. The van der Waals surface area contributed by atoms with Crippen molar-refractivity contribution in [3.05, 3.63) is 62.8 Å². The number of fused-ring (bicyclic) bond motifs is 1. The Balaban J connectivity index is 1.31. The number of H-pyrrole nitrogens is 1. The summed E-state index contributed by atoms with van der Waals surface area (Å²) in [6, 6.07) is 3.70. The maximum atomic E-state index is 13.4. The summed E-state index contributed by atoms with van der Waals surface area (Å²) in [6.45, 7) is 6.22. The monoisotopic (exact) mass is 531 g/mol. The third kappa shape index (κ3) is 5.18. The minimum absolute atomic E-state index is 0.192. The van der Waals surface area contributed by atoms with Gasteiger partial charge in [-0.25, -0.2) is 9.97 Å². The number of aliphatic imine (C=N–C) groups is 1. The van der Waals surface area contributed by atoms with Crippen LogP contribution in [0.15, 0.2) is 34.3 Å². The Kier molecular flexibility index (Phi) is 7.53. The Bertz CT molecular complexity index is 1510. The molecule has 0 radical (unpaired) electrons. The highest BCUT2D eigenvalue weighted by Crippen LogP contribution is 2.30. The number of nitrogens with zero attached hydrogens (tertiary/aromatic N) is 4. The number of aryl methyl sites for hydroxylation is 1. The molecule has 11 heteroatoms. The van der Waals surface area contributed by atoms with Crippen LogP contribution in [0.1, 0.15) is 52.5 Å². The van der Waals surface area contributed by atoms with Gasteiger partial charge in [0.15, 0.2) is 0 Å². The number of hydrogen-bond donors (Lipinski definition) is 3. The number of nitrogens with one attached hydrogen (secondary N) is 2. The predicted octanol–water partition coefficient (Wildman–Crippen LogP) is 2.98. The summed E-state index contributed by atoms with van der Waals surface area (Å²) in [5.74, 6) is 7.11. The third-order valence-corrected chi connectivity index (χ3v) is 7.51. The van der Waals surface area contributed by atoms with Crippen molar-refractivity contribution in [3.63, 3.8) is 0 Å². The third-order valence-electron chi connectivity index (χ3n) is 6.72. The maximum absolute atomic E-state index is 13.4. The first-order valence-corrected chi connectivity index (χ1v) is 13.3. The van der Waals surface area contributed by atoms with E-state index in [0.29, 0.717) is 58.8 Å². The fraction of sp³-hybridized carbons (Fsp3) is 0.370. The average Bonchev–Trinajstić information content (AvgIpc) is 3.65. The molecule has 38 heavy (non-hydrogen) atoms. The van der Waals surface area contributed by atoms with Crippen LogP contribution in [-0.4, -0.2) is 52.4 Å². The van der Waals surface area contributed by atoms with Crippen molar-refractivity contribution in [3.8, 4) is 11.8 Å². The van der Waals surface area contributed by atoms with Gasteiger partial charge in [-0.1, -0.05) is 5.92 Å². The highest BCUT2D eigenvalue weighted by atomic mass is 32.1. The number of carbonyl (C=O) groups is 1. The van der Waals surface area contributed by atoms with E-state index in [-0.39, 0.29) is 17.3 Å². The largest absolute Gasteiger partial charge is 0.383 e. The molecule has 0 bridgehead atoms. The molecule has 3 aromatic heterocycles. The van der Waals surface area contributed by atoms with Crippen LogP contribution in [0, 0.1) is 24.7 Å². The quantitative estimate of drug-likeness (QED) is 0.242. The maximum Gasteiger partial charge on any atom is 0.278 e. The molecule has 0 aliphatic carbocycles. The lowest BCUT2D eigenvalue weighted by Gasteiger charge is -2.17. The lowest BCUT2D eigenvalue weighted by molar-refractivity contribution is 0.0983. The van der Waals surface area contributed by atoms with Gasteiger partial charge in [-0.2, -0.15) is 0 Å². The Morgan fingerprint density at radius 2 is 2.29 bits per heavy atom. The van der Waals surface area contributed by atoms with Crippen molar-refractivity contribution >= 4 is 39.8 Å². The highest BCUT2D eigenvalue weighted by molar-refractivity contribution is 7.10. The van der Waals surface area contributed by atoms with E-state index in [1.165, 1.54) is 0 Å². The molecule has 1 unspecified atom stereocenters. The number of rotatable bonds is 7. The normalized spacial score (nSPS) is 16.7. The lowest BCUT2D eigenvalue weighted by Crippen LogP contribution is -2.31. The van der Waals surface area contributed by atoms with Crippen LogP contribution >= 0.6 is 11.5 Å². The van der Waals surface area contributed by atoms with Crippen LogP contribution in [0.25, 0.3) is 0 Å². The zero-order valence-electron chi connectivity index (χ0n) is 21.3. The molecular weight excluding hydrogens is 502 g/mol. The van der Waals surface area contributed by atoms with Gasteiger partial charge < -0.3 is 15.8 Å². The molecule has 3 aromatic rings. The first-order chi connectivity index (χ1) is 18.5. The van der Waals surface area contributed by atoms with Crippen molar-refractivity contribution in [2.45, 2.75) is 33.1 Å². The van der Waals surface area contributed by atoms with E-state index in [4.69, 9.17) is 10.5 Å². The van der Waals surface area contributed by atoms with Gasteiger partial charge >= 0.3 is 0 Å². The number of aromatic amines is 1. The molecule has 5 rings (SSSR count). The van der Waals surface area contributed by atoms with Crippen molar-refractivity contribution in [1.82, 2.24) is 14.3 Å². The molecule has 5 heterocycles. The van der Waals surface area contributed by atoms with Crippen LogP contribution in [0.4, 0.5) is 16.5 Å². The fourth-order valence-corrected chi connectivity index (χ4v) is 5.51. The van der Waals surface area contributed by atoms with Gasteiger partial charge in [0.1, 0.15) is 27.9 Å². The summed E-state index contributed by atoms with van der Waals surface area (Å²) < 4.78 is 8.12. The van der Waals surface area contributed by atoms with Gasteiger partial charge in [0.05, 0.1) is 11.9 Å². The minimum Gasteiger partial charge on any atom is -0.383 e. The van der Waals surface area contributed by atoms with E-state index in [2.05, 4.69) is 36.5 Å². The van der Waals surface area contributed by atoms with Crippen LogP contribution < -0.4 is 21.5 Å².